The fourth-order valence-electron chi connectivity index (χ4n) is 3.62. The third-order valence-electron chi connectivity index (χ3n) is 5.33. The SMILES string of the molecule is CC[C@@H](C(=O)N[C@H](C)c1ccc(C)cc1C)N(c1ccc(C)c(C)c1)S(C)(=O)=O. The Morgan fingerprint density at radius 3 is 2.17 bits per heavy atom. The second-order valence-electron chi connectivity index (χ2n) is 7.84. The molecular weight excluding hydrogens is 384 g/mol. The van der Waals surface area contributed by atoms with Crippen LogP contribution in [-0.2, 0) is 14.8 Å². The van der Waals surface area contributed by atoms with Gasteiger partial charge in [0.05, 0.1) is 18.0 Å². The molecule has 0 radical (unpaired) electrons. The number of carbonyl (C=O) groups excluding carboxylic acids is 1. The molecule has 2 rings (SSSR count). The summed E-state index contributed by atoms with van der Waals surface area (Å²) in [5, 5.41) is 3.01. The van der Waals surface area contributed by atoms with Gasteiger partial charge in [-0.05, 0) is 75.4 Å². The van der Waals surface area contributed by atoms with Gasteiger partial charge >= 0.3 is 0 Å². The number of amides is 1. The van der Waals surface area contributed by atoms with Crippen molar-refractivity contribution < 1.29 is 13.2 Å². The smallest absolute Gasteiger partial charge is 0.244 e. The minimum Gasteiger partial charge on any atom is -0.348 e. The van der Waals surface area contributed by atoms with E-state index in [1.165, 1.54) is 4.31 Å². The highest BCUT2D eigenvalue weighted by Gasteiger charge is 2.32. The third-order valence-corrected chi connectivity index (χ3v) is 6.51. The molecule has 158 valence electrons. The average molecular weight is 417 g/mol. The lowest BCUT2D eigenvalue weighted by Gasteiger charge is -2.31. The Balaban J connectivity index is 2.36. The van der Waals surface area contributed by atoms with Gasteiger partial charge in [0.15, 0.2) is 0 Å². The van der Waals surface area contributed by atoms with E-state index in [9.17, 15) is 13.2 Å². The van der Waals surface area contributed by atoms with Crippen molar-refractivity contribution in [2.75, 3.05) is 10.6 Å². The van der Waals surface area contributed by atoms with Crippen LogP contribution in [0, 0.1) is 27.7 Å². The number of nitrogens with one attached hydrogen (secondary N) is 1. The van der Waals surface area contributed by atoms with Gasteiger partial charge in [0.2, 0.25) is 15.9 Å². The van der Waals surface area contributed by atoms with Gasteiger partial charge in [-0.3, -0.25) is 9.10 Å². The lowest BCUT2D eigenvalue weighted by molar-refractivity contribution is -0.122. The number of hydrogen-bond acceptors (Lipinski definition) is 3. The van der Waals surface area contributed by atoms with Gasteiger partial charge < -0.3 is 5.32 Å². The lowest BCUT2D eigenvalue weighted by atomic mass is 10.00. The Hall–Kier alpha value is -2.34. The van der Waals surface area contributed by atoms with E-state index in [1.807, 2.05) is 65.8 Å². The quantitative estimate of drug-likeness (QED) is 0.730. The van der Waals surface area contributed by atoms with Crippen LogP contribution in [0.1, 0.15) is 54.1 Å². The fraction of sp³-hybridized carbons (Fsp3) is 0.435. The predicted octanol–water partition coefficient (Wildman–Crippen LogP) is 4.34. The summed E-state index contributed by atoms with van der Waals surface area (Å²) in [4.78, 5) is 13.1. The summed E-state index contributed by atoms with van der Waals surface area (Å²) in [6, 6.07) is 10.5. The molecular formula is C23H32N2O3S. The number of sulfonamides is 1. The number of carbonyl (C=O) groups is 1. The van der Waals surface area contributed by atoms with E-state index in [1.54, 1.807) is 6.07 Å². The van der Waals surface area contributed by atoms with Crippen LogP contribution in [0.25, 0.3) is 0 Å². The largest absolute Gasteiger partial charge is 0.348 e. The topological polar surface area (TPSA) is 66.5 Å². The van der Waals surface area contributed by atoms with Gasteiger partial charge in [0, 0.05) is 0 Å². The van der Waals surface area contributed by atoms with Gasteiger partial charge in [0.1, 0.15) is 6.04 Å². The molecule has 2 aromatic carbocycles. The summed E-state index contributed by atoms with van der Waals surface area (Å²) in [5.74, 6) is -0.302. The molecule has 0 saturated carbocycles. The van der Waals surface area contributed by atoms with E-state index in [-0.39, 0.29) is 11.9 Å². The first-order chi connectivity index (χ1) is 13.5. The zero-order valence-corrected chi connectivity index (χ0v) is 19.2. The van der Waals surface area contributed by atoms with Crippen molar-refractivity contribution >= 4 is 21.6 Å². The van der Waals surface area contributed by atoms with E-state index < -0.39 is 16.1 Å². The zero-order valence-electron chi connectivity index (χ0n) is 18.4. The number of rotatable bonds is 7. The first-order valence-electron chi connectivity index (χ1n) is 9.89. The summed E-state index contributed by atoms with van der Waals surface area (Å²) in [5.41, 5.74) is 5.85. The van der Waals surface area contributed by atoms with Gasteiger partial charge in [-0.25, -0.2) is 8.42 Å². The summed E-state index contributed by atoms with van der Waals surface area (Å²) >= 11 is 0. The highest BCUT2D eigenvalue weighted by atomic mass is 32.2. The number of hydrogen-bond donors (Lipinski definition) is 1. The zero-order chi connectivity index (χ0) is 21.9. The molecule has 0 aliphatic rings. The van der Waals surface area contributed by atoms with Crippen LogP contribution in [0.15, 0.2) is 36.4 Å². The summed E-state index contributed by atoms with van der Waals surface area (Å²) in [6.45, 7) is 11.7. The normalized spacial score (nSPS) is 13.6. The summed E-state index contributed by atoms with van der Waals surface area (Å²) in [7, 11) is -3.65. The molecule has 6 heteroatoms. The van der Waals surface area contributed by atoms with Crippen LogP contribution in [-0.4, -0.2) is 26.6 Å². The van der Waals surface area contributed by atoms with Crippen LogP contribution in [0.2, 0.25) is 0 Å². The van der Waals surface area contributed by atoms with Gasteiger partial charge in [-0.1, -0.05) is 36.8 Å². The van der Waals surface area contributed by atoms with E-state index in [0.717, 1.165) is 34.1 Å². The first kappa shape index (κ1) is 22.9. The van der Waals surface area contributed by atoms with E-state index >= 15 is 0 Å². The molecule has 0 unspecified atom stereocenters. The highest BCUT2D eigenvalue weighted by molar-refractivity contribution is 7.92. The van der Waals surface area contributed by atoms with E-state index in [4.69, 9.17) is 0 Å². The molecule has 0 aromatic heterocycles. The molecule has 1 N–H and O–H groups in total. The Morgan fingerprint density at radius 2 is 1.66 bits per heavy atom. The third kappa shape index (κ3) is 5.38. The Kier molecular flexibility index (Phi) is 7.11. The molecule has 0 spiro atoms. The summed E-state index contributed by atoms with van der Waals surface area (Å²) < 4.78 is 26.5. The van der Waals surface area contributed by atoms with Crippen molar-refractivity contribution in [3.05, 3.63) is 64.2 Å². The van der Waals surface area contributed by atoms with Crippen LogP contribution >= 0.6 is 0 Å². The Bertz CT molecular complexity index is 999. The second kappa shape index (κ2) is 8.99. The van der Waals surface area contributed by atoms with Crippen molar-refractivity contribution in [3.8, 4) is 0 Å². The van der Waals surface area contributed by atoms with Gasteiger partial charge in [-0.2, -0.15) is 0 Å². The lowest BCUT2D eigenvalue weighted by Crippen LogP contribution is -2.49. The number of anilines is 1. The summed E-state index contributed by atoms with van der Waals surface area (Å²) in [6.07, 6.45) is 1.51. The van der Waals surface area contributed by atoms with Crippen molar-refractivity contribution in [2.45, 2.75) is 60.0 Å². The van der Waals surface area contributed by atoms with Crippen LogP contribution in [0.4, 0.5) is 5.69 Å². The van der Waals surface area contributed by atoms with Gasteiger partial charge in [-0.15, -0.1) is 0 Å². The average Bonchev–Trinajstić information content (AvgIpc) is 2.60. The molecule has 0 aliphatic carbocycles. The number of benzene rings is 2. The molecule has 5 nitrogen and oxygen atoms in total. The Labute approximate surface area is 175 Å². The predicted molar refractivity (Wildman–Crippen MR) is 120 cm³/mol. The maximum atomic E-state index is 13.1. The van der Waals surface area contributed by atoms with Crippen molar-refractivity contribution in [3.63, 3.8) is 0 Å². The van der Waals surface area contributed by atoms with E-state index in [0.29, 0.717) is 12.1 Å². The molecule has 0 bridgehead atoms. The molecule has 2 atom stereocenters. The van der Waals surface area contributed by atoms with Crippen LogP contribution in [0.3, 0.4) is 0 Å². The molecule has 0 aliphatic heterocycles. The van der Waals surface area contributed by atoms with Crippen molar-refractivity contribution in [1.29, 1.82) is 0 Å². The molecule has 29 heavy (non-hydrogen) atoms. The maximum absolute atomic E-state index is 13.1. The van der Waals surface area contributed by atoms with Gasteiger partial charge in [0.25, 0.3) is 0 Å². The first-order valence-corrected chi connectivity index (χ1v) is 11.7. The fourth-order valence-corrected chi connectivity index (χ4v) is 4.83. The van der Waals surface area contributed by atoms with Crippen LogP contribution in [0.5, 0.6) is 0 Å². The maximum Gasteiger partial charge on any atom is 0.244 e. The second-order valence-corrected chi connectivity index (χ2v) is 9.70. The molecule has 1 amide bonds. The molecule has 0 heterocycles. The number of aryl methyl sites for hydroxylation is 4. The highest BCUT2D eigenvalue weighted by Crippen LogP contribution is 2.26. The minimum atomic E-state index is -3.65. The molecule has 0 saturated heterocycles. The number of nitrogens with zero attached hydrogens (tertiary/aromatic N) is 1. The minimum absolute atomic E-state index is 0.224. The standard InChI is InChI=1S/C23H32N2O3S/c1-8-22(23(26)24-19(6)21-12-9-15(2)13-18(21)5)25(29(7,27)28)20-11-10-16(3)17(4)14-20/h9-14,19,22H,8H2,1-7H3,(H,24,26)/t19-,22+/m1/s1. The van der Waals surface area contributed by atoms with E-state index in [2.05, 4.69) is 11.4 Å². The van der Waals surface area contributed by atoms with Crippen molar-refractivity contribution in [1.82, 2.24) is 5.32 Å². The Morgan fingerprint density at radius 1 is 1.00 bits per heavy atom. The molecule has 0 fully saturated rings. The monoisotopic (exact) mass is 416 g/mol. The molecule has 2 aromatic rings. The van der Waals surface area contributed by atoms with Crippen LogP contribution < -0.4 is 9.62 Å². The van der Waals surface area contributed by atoms with Crippen molar-refractivity contribution in [2.24, 2.45) is 0 Å².